The molecule has 5 rings (SSSR count). The van der Waals surface area contributed by atoms with Crippen LogP contribution < -0.4 is 10.2 Å². The number of nitrogens with one attached hydrogen (secondary N) is 1. The second-order valence-corrected chi connectivity index (χ2v) is 7.62. The zero-order valence-electron chi connectivity index (χ0n) is 15.2. The molecule has 8 nitrogen and oxygen atoms in total. The molecule has 0 aromatic carbocycles. The van der Waals surface area contributed by atoms with Gasteiger partial charge in [0, 0.05) is 43.8 Å². The Kier molecular flexibility index (Phi) is 4.09. The van der Waals surface area contributed by atoms with Crippen LogP contribution in [0.4, 0.5) is 16.2 Å². The lowest BCUT2D eigenvalue weighted by Crippen LogP contribution is -2.82. The van der Waals surface area contributed by atoms with Crippen LogP contribution in [0.3, 0.4) is 0 Å². The Morgan fingerprint density at radius 2 is 2.15 bits per heavy atom. The monoisotopic (exact) mass is 370 g/mol. The maximum atomic E-state index is 13.0. The molecule has 0 spiro atoms. The largest absolute Gasteiger partial charge is 0.426 e. The molecule has 0 saturated carbocycles. The second kappa shape index (κ2) is 6.61. The molecule has 5 heterocycles. The van der Waals surface area contributed by atoms with Crippen molar-refractivity contribution in [2.45, 2.75) is 31.7 Å². The van der Waals surface area contributed by atoms with Crippen LogP contribution in [0.25, 0.3) is 11.0 Å². The van der Waals surface area contributed by atoms with Crippen LogP contribution in [-0.2, 0) is 9.53 Å². The van der Waals surface area contributed by atoms with E-state index in [0.29, 0.717) is 19.8 Å². The van der Waals surface area contributed by atoms with Gasteiger partial charge in [-0.2, -0.15) is 0 Å². The van der Waals surface area contributed by atoms with Gasteiger partial charge in [-0.05, 0) is 31.7 Å². The average Bonchev–Trinajstić information content (AvgIpc) is 3.31. The molecule has 3 N–H and O–H groups in total. The number of urea groups is 1. The molecule has 27 heavy (non-hydrogen) atoms. The molecule has 3 aliphatic rings. The molecule has 3 aliphatic heterocycles. The molecule has 2 aromatic rings. The van der Waals surface area contributed by atoms with Crippen LogP contribution in [0, 0.1) is 5.92 Å². The Bertz CT molecular complexity index is 889. The molecule has 3 amide bonds. The Labute approximate surface area is 156 Å². The number of H-pyrrole nitrogens is 1. The fourth-order valence-corrected chi connectivity index (χ4v) is 4.63. The molecule has 8 heteroatoms. The number of pyridine rings is 1. The summed E-state index contributed by atoms with van der Waals surface area (Å²) >= 11 is 0. The van der Waals surface area contributed by atoms with Gasteiger partial charge in [0.05, 0.1) is 12.2 Å². The van der Waals surface area contributed by atoms with E-state index in [9.17, 15) is 9.59 Å². The van der Waals surface area contributed by atoms with E-state index in [4.69, 9.17) is 4.74 Å². The number of hydrogen-bond donors (Lipinski definition) is 2. The van der Waals surface area contributed by atoms with Gasteiger partial charge in [0.25, 0.3) is 0 Å². The lowest BCUT2D eigenvalue weighted by molar-refractivity contribution is -0.455. The third-order valence-electron chi connectivity index (χ3n) is 5.99. The fraction of sp³-hybridized carbons (Fsp3) is 0.526. The fourth-order valence-electron chi connectivity index (χ4n) is 4.63. The minimum Gasteiger partial charge on any atom is -0.381 e. The first kappa shape index (κ1) is 16.7. The van der Waals surface area contributed by atoms with Gasteiger partial charge in [0.1, 0.15) is 11.3 Å². The van der Waals surface area contributed by atoms with E-state index in [1.807, 2.05) is 22.1 Å². The molecule has 1 atom stereocenters. The minimum absolute atomic E-state index is 0.00744. The van der Waals surface area contributed by atoms with Gasteiger partial charge in [-0.1, -0.05) is 0 Å². The number of anilines is 1. The van der Waals surface area contributed by atoms with Gasteiger partial charge in [0.15, 0.2) is 5.69 Å². The van der Waals surface area contributed by atoms with Crippen molar-refractivity contribution in [1.82, 2.24) is 14.9 Å². The Hall–Kier alpha value is -2.45. The van der Waals surface area contributed by atoms with E-state index in [1.54, 1.807) is 11.5 Å². The first-order valence-corrected chi connectivity index (χ1v) is 9.73. The topological polar surface area (TPSA) is 95.1 Å². The predicted molar refractivity (Wildman–Crippen MR) is 98.7 cm³/mol. The number of ether oxygens (including phenoxy) is 1. The Balaban J connectivity index is 1.41. The summed E-state index contributed by atoms with van der Waals surface area (Å²) in [5.41, 5.74) is 2.57. The van der Waals surface area contributed by atoms with Crippen LogP contribution in [0.1, 0.15) is 25.7 Å². The number of likely N-dealkylation sites (tertiary alicyclic amines) is 1. The maximum Gasteiger partial charge on any atom is 0.426 e. The second-order valence-electron chi connectivity index (χ2n) is 7.62. The third kappa shape index (κ3) is 2.80. The highest BCUT2D eigenvalue weighted by Gasteiger charge is 2.42. The molecule has 2 saturated heterocycles. The first-order valence-electron chi connectivity index (χ1n) is 9.73. The summed E-state index contributed by atoms with van der Waals surface area (Å²) in [6.07, 6.45) is 7.02. The number of rotatable bonds is 2. The number of nitrogens with two attached hydrogens (primary N) is 1. The number of fused-ring (bicyclic) bond motifs is 3. The van der Waals surface area contributed by atoms with Crippen LogP contribution in [-0.4, -0.2) is 59.2 Å². The number of amides is 3. The lowest BCUT2D eigenvalue weighted by atomic mass is 9.96. The average molecular weight is 370 g/mol. The Morgan fingerprint density at radius 1 is 1.30 bits per heavy atom. The van der Waals surface area contributed by atoms with E-state index < -0.39 is 0 Å². The van der Waals surface area contributed by atoms with E-state index in [0.717, 1.165) is 54.6 Å². The van der Waals surface area contributed by atoms with Gasteiger partial charge in [-0.15, -0.1) is 0 Å². The van der Waals surface area contributed by atoms with Crippen molar-refractivity contribution in [1.29, 1.82) is 0 Å². The first-order chi connectivity index (χ1) is 13.2. The Morgan fingerprint density at radius 3 is 3.00 bits per heavy atom. The molecule has 0 radical (unpaired) electrons. The van der Waals surface area contributed by atoms with Crippen molar-refractivity contribution in [3.63, 3.8) is 0 Å². The molecule has 0 aliphatic carbocycles. The molecule has 2 fully saturated rings. The quantitative estimate of drug-likeness (QED) is 0.828. The summed E-state index contributed by atoms with van der Waals surface area (Å²) in [4.78, 5) is 37.1. The van der Waals surface area contributed by atoms with E-state index in [2.05, 4.69) is 9.97 Å². The van der Waals surface area contributed by atoms with E-state index in [-0.39, 0.29) is 23.9 Å². The number of aromatic amines is 1. The number of carbonyl (C=O) groups is 2. The summed E-state index contributed by atoms with van der Waals surface area (Å²) in [6, 6.07) is 1.97. The van der Waals surface area contributed by atoms with E-state index in [1.165, 1.54) is 0 Å². The standard InChI is InChI=1S/C19H23N5O3/c25-18(12-4-8-27-9-5-12)23-7-1-2-13(11-23)24-16-14-3-6-20-17(14)21-10-15(16)22-19(24)26/h3,6,10,12-13H,1-2,4-5,7-9,11H2,(H,20,21)(H,22,26)/p+1/t13-/m1/s1. The molecular weight excluding hydrogens is 346 g/mol. The van der Waals surface area contributed by atoms with Crippen molar-refractivity contribution in [3.05, 3.63) is 18.5 Å². The predicted octanol–water partition coefficient (Wildman–Crippen LogP) is 1.12. The number of aromatic nitrogens is 2. The highest BCUT2D eigenvalue weighted by atomic mass is 16.5. The summed E-state index contributed by atoms with van der Waals surface area (Å²) in [7, 11) is 0. The lowest BCUT2D eigenvalue weighted by Gasteiger charge is -2.38. The summed E-state index contributed by atoms with van der Waals surface area (Å²) in [5, 5.41) is 2.62. The summed E-state index contributed by atoms with van der Waals surface area (Å²) in [5.74, 6) is 0.284. The van der Waals surface area contributed by atoms with Crippen LogP contribution in [0.2, 0.25) is 0 Å². The normalized spacial score (nSPS) is 23.9. The number of carbonyl (C=O) groups excluding carboxylic acids is 2. The molecule has 0 unspecified atom stereocenters. The molecule has 142 valence electrons. The van der Waals surface area contributed by atoms with Crippen molar-refractivity contribution >= 4 is 34.3 Å². The smallest absolute Gasteiger partial charge is 0.381 e. The van der Waals surface area contributed by atoms with Crippen molar-refractivity contribution < 1.29 is 19.6 Å². The molecule has 2 aromatic heterocycles. The molecule has 0 bridgehead atoms. The van der Waals surface area contributed by atoms with Gasteiger partial charge >= 0.3 is 6.03 Å². The van der Waals surface area contributed by atoms with Crippen LogP contribution in [0.15, 0.2) is 18.5 Å². The van der Waals surface area contributed by atoms with Gasteiger partial charge in [-0.3, -0.25) is 9.69 Å². The van der Waals surface area contributed by atoms with Crippen LogP contribution >= 0.6 is 0 Å². The number of hydrogen-bond acceptors (Lipinski definition) is 4. The SMILES string of the molecule is O=C(C1CCOCC1)N1CCC[C@@H](N2C(=O)[NH2+]c3cnc4[nH]ccc4c32)C1. The number of quaternary nitrogens is 1. The van der Waals surface area contributed by atoms with E-state index >= 15 is 0 Å². The van der Waals surface area contributed by atoms with Gasteiger partial charge < -0.3 is 14.6 Å². The van der Waals surface area contributed by atoms with Crippen LogP contribution in [0.5, 0.6) is 0 Å². The highest BCUT2D eigenvalue weighted by molar-refractivity contribution is 6.06. The number of piperidine rings is 1. The van der Waals surface area contributed by atoms with Gasteiger partial charge in [-0.25, -0.2) is 15.1 Å². The van der Waals surface area contributed by atoms with Crippen molar-refractivity contribution in [2.24, 2.45) is 5.92 Å². The molecular formula is C19H24N5O3+. The minimum atomic E-state index is -0.00846. The summed E-state index contributed by atoms with van der Waals surface area (Å²) in [6.45, 7) is 2.71. The number of nitrogens with zero attached hydrogens (tertiary/aromatic N) is 3. The van der Waals surface area contributed by atoms with Crippen molar-refractivity contribution in [3.8, 4) is 0 Å². The zero-order chi connectivity index (χ0) is 18.4. The number of primary amides is 1. The van der Waals surface area contributed by atoms with Crippen molar-refractivity contribution in [2.75, 3.05) is 31.2 Å². The third-order valence-corrected chi connectivity index (χ3v) is 5.99. The zero-order valence-corrected chi connectivity index (χ0v) is 15.2. The van der Waals surface area contributed by atoms with Gasteiger partial charge in [0.2, 0.25) is 5.91 Å². The maximum absolute atomic E-state index is 13.0. The summed E-state index contributed by atoms with van der Waals surface area (Å²) < 4.78 is 5.39. The highest BCUT2D eigenvalue weighted by Crippen LogP contribution is 2.36.